The lowest BCUT2D eigenvalue weighted by Crippen LogP contribution is -2.54. The third-order valence-corrected chi connectivity index (χ3v) is 6.35. The molecule has 1 fully saturated rings. The number of imidazole rings is 1. The van der Waals surface area contributed by atoms with E-state index in [-0.39, 0.29) is 23.9 Å². The fourth-order valence-electron chi connectivity index (χ4n) is 4.45. The number of nitrogens with one attached hydrogen (secondary N) is 1. The molecule has 0 radical (unpaired) electrons. The minimum absolute atomic E-state index is 0.0722. The van der Waals surface area contributed by atoms with Crippen molar-refractivity contribution in [3.63, 3.8) is 0 Å². The number of aliphatic hydroxyl groups excluding tert-OH is 1. The summed E-state index contributed by atoms with van der Waals surface area (Å²) in [5, 5.41) is 15.8. The number of fused-ring (bicyclic) bond motifs is 3. The van der Waals surface area contributed by atoms with Gasteiger partial charge in [-0.2, -0.15) is 8.42 Å². The van der Waals surface area contributed by atoms with Crippen LogP contribution in [0.2, 0.25) is 0 Å². The Balaban J connectivity index is 1.53. The summed E-state index contributed by atoms with van der Waals surface area (Å²) in [6.07, 6.45) is 4.54. The van der Waals surface area contributed by atoms with E-state index in [0.717, 1.165) is 12.1 Å². The molecule has 25 heavy (non-hydrogen) atoms. The molecule has 134 valence electrons. The van der Waals surface area contributed by atoms with E-state index in [0.29, 0.717) is 6.42 Å². The highest BCUT2D eigenvalue weighted by Gasteiger charge is 2.54. The lowest BCUT2D eigenvalue weighted by atomic mass is 9.56. The maximum absolute atomic E-state index is 11.0. The fourth-order valence-corrected chi connectivity index (χ4v) is 4.84. The molecule has 1 aromatic heterocycles. The molecule has 4 rings (SSSR count). The van der Waals surface area contributed by atoms with Crippen LogP contribution in [0.5, 0.6) is 0 Å². The number of nitrogens with zero attached hydrogens (tertiary/aromatic N) is 2. The van der Waals surface area contributed by atoms with Gasteiger partial charge in [0.15, 0.2) is 0 Å². The van der Waals surface area contributed by atoms with Crippen molar-refractivity contribution in [1.29, 1.82) is 0 Å². The van der Waals surface area contributed by atoms with Gasteiger partial charge in [0.2, 0.25) is 0 Å². The van der Waals surface area contributed by atoms with Crippen molar-refractivity contribution in [3.8, 4) is 11.3 Å². The Morgan fingerprint density at radius 2 is 2.20 bits per heavy atom. The zero-order valence-electron chi connectivity index (χ0n) is 14.0. The molecule has 1 unspecified atom stereocenters. The van der Waals surface area contributed by atoms with Crippen LogP contribution in [0.15, 0.2) is 36.8 Å². The summed E-state index contributed by atoms with van der Waals surface area (Å²) in [5.74, 6) is 0.0797. The second-order valence-corrected chi connectivity index (χ2v) is 8.75. The number of aliphatic hydroxyl groups is 1. The molecule has 0 spiro atoms. The van der Waals surface area contributed by atoms with Gasteiger partial charge >= 0.3 is 0 Å². The molecule has 1 aromatic carbocycles. The van der Waals surface area contributed by atoms with E-state index < -0.39 is 16.3 Å². The summed E-state index contributed by atoms with van der Waals surface area (Å²) in [4.78, 5) is 4.26. The van der Waals surface area contributed by atoms with Gasteiger partial charge in [0.1, 0.15) is 0 Å². The molecule has 7 nitrogen and oxygen atoms in total. The van der Waals surface area contributed by atoms with Crippen LogP contribution in [0.25, 0.3) is 11.3 Å². The van der Waals surface area contributed by atoms with Gasteiger partial charge in [0, 0.05) is 18.0 Å². The molecule has 0 bridgehead atoms. The van der Waals surface area contributed by atoms with E-state index in [4.69, 9.17) is 5.14 Å². The Kier molecular flexibility index (Phi) is 3.77. The highest BCUT2D eigenvalue weighted by Crippen LogP contribution is 2.56. The second kappa shape index (κ2) is 5.63. The van der Waals surface area contributed by atoms with Crippen LogP contribution in [-0.4, -0.2) is 35.7 Å². The van der Waals surface area contributed by atoms with Crippen LogP contribution in [0.3, 0.4) is 0 Å². The average Bonchev–Trinajstić information content (AvgIpc) is 3.12. The molecule has 4 atom stereocenters. The van der Waals surface area contributed by atoms with E-state index in [1.807, 2.05) is 31.6 Å². The molecule has 2 aliphatic rings. The topological polar surface area (TPSA) is 110 Å². The smallest absolute Gasteiger partial charge is 0.274 e. The number of rotatable bonds is 5. The lowest BCUT2D eigenvalue weighted by molar-refractivity contribution is -0.125. The molecule has 0 amide bonds. The van der Waals surface area contributed by atoms with Gasteiger partial charge in [-0.25, -0.2) is 14.8 Å². The van der Waals surface area contributed by atoms with Gasteiger partial charge in [0.05, 0.1) is 30.4 Å². The third-order valence-electron chi connectivity index (χ3n) is 5.75. The third kappa shape index (κ3) is 2.69. The van der Waals surface area contributed by atoms with Crippen molar-refractivity contribution in [3.05, 3.63) is 42.4 Å². The van der Waals surface area contributed by atoms with Crippen molar-refractivity contribution < 1.29 is 13.5 Å². The minimum atomic E-state index is -3.69. The lowest BCUT2D eigenvalue weighted by Gasteiger charge is -2.53. The molecule has 4 N–H and O–H groups in total. The Morgan fingerprint density at radius 1 is 1.44 bits per heavy atom. The highest BCUT2D eigenvalue weighted by molar-refractivity contribution is 7.87. The molecule has 2 aromatic rings. The molecular formula is C17H22N4O3S. The van der Waals surface area contributed by atoms with Gasteiger partial charge in [0.25, 0.3) is 10.2 Å². The molecular weight excluding hydrogens is 340 g/mol. The molecule has 0 saturated heterocycles. The van der Waals surface area contributed by atoms with Crippen LogP contribution < -0.4 is 9.86 Å². The number of hydrogen-bond acceptors (Lipinski definition) is 4. The molecule has 8 heteroatoms. The minimum Gasteiger partial charge on any atom is -0.392 e. The summed E-state index contributed by atoms with van der Waals surface area (Å²) in [5.41, 5.74) is 3.15. The average molecular weight is 362 g/mol. The first-order valence-corrected chi connectivity index (χ1v) is 9.91. The van der Waals surface area contributed by atoms with Crippen LogP contribution in [-0.2, 0) is 10.2 Å². The van der Waals surface area contributed by atoms with Gasteiger partial charge in [-0.05, 0) is 23.8 Å². The Morgan fingerprint density at radius 3 is 2.92 bits per heavy atom. The Bertz CT molecular complexity index is 910. The van der Waals surface area contributed by atoms with E-state index in [2.05, 4.69) is 26.4 Å². The highest BCUT2D eigenvalue weighted by atomic mass is 32.2. The Labute approximate surface area is 147 Å². The van der Waals surface area contributed by atoms with E-state index in [9.17, 15) is 13.5 Å². The van der Waals surface area contributed by atoms with Crippen molar-refractivity contribution in [1.82, 2.24) is 14.3 Å². The zero-order chi connectivity index (χ0) is 17.8. The molecule has 1 aliphatic heterocycles. The van der Waals surface area contributed by atoms with Gasteiger partial charge in [-0.3, -0.25) is 0 Å². The van der Waals surface area contributed by atoms with Gasteiger partial charge in [-0.1, -0.05) is 31.2 Å². The van der Waals surface area contributed by atoms with Crippen molar-refractivity contribution in [2.45, 2.75) is 31.9 Å². The van der Waals surface area contributed by atoms with Crippen LogP contribution in [0.4, 0.5) is 0 Å². The van der Waals surface area contributed by atoms with Crippen molar-refractivity contribution in [2.75, 3.05) is 6.54 Å². The molecule has 1 aliphatic carbocycles. The van der Waals surface area contributed by atoms with Crippen molar-refractivity contribution >= 4 is 10.2 Å². The summed E-state index contributed by atoms with van der Waals surface area (Å²) in [6, 6.07) is 8.30. The monoisotopic (exact) mass is 362 g/mol. The normalized spacial score (nSPS) is 30.6. The van der Waals surface area contributed by atoms with E-state index in [1.165, 1.54) is 11.1 Å². The van der Waals surface area contributed by atoms with E-state index in [1.54, 1.807) is 0 Å². The maximum atomic E-state index is 11.0. The number of aromatic nitrogens is 2. The quantitative estimate of drug-likeness (QED) is 0.737. The maximum Gasteiger partial charge on any atom is 0.274 e. The SMILES string of the molecule is CC1(CCNS(N)(=O)=O)C[C@H]([C@@H]2c3ccccc3-c3cncn32)[C@H]1O. The largest absolute Gasteiger partial charge is 0.392 e. The van der Waals surface area contributed by atoms with Gasteiger partial charge in [-0.15, -0.1) is 0 Å². The second-order valence-electron chi connectivity index (χ2n) is 7.37. The van der Waals surface area contributed by atoms with Crippen LogP contribution >= 0.6 is 0 Å². The standard InChI is InChI=1S/C17H22N4O3S/c1-17(6-7-20-25(18,23)24)8-13(16(17)22)15-12-5-3-2-4-11(12)14-9-19-10-21(14)15/h2-5,9-10,13,15-16,20,22H,6-8H2,1H3,(H2,18,23,24)/t13-,15+,16-,17?/m1/s1. The number of nitrogens with two attached hydrogens (primary N) is 1. The Hall–Kier alpha value is -1.74. The first-order chi connectivity index (χ1) is 11.8. The zero-order valence-corrected chi connectivity index (χ0v) is 14.8. The fraction of sp³-hybridized carbons (Fsp3) is 0.471. The molecule has 2 heterocycles. The van der Waals surface area contributed by atoms with Crippen LogP contribution in [0.1, 0.15) is 31.4 Å². The van der Waals surface area contributed by atoms with E-state index >= 15 is 0 Å². The number of benzene rings is 1. The predicted molar refractivity (Wildman–Crippen MR) is 93.7 cm³/mol. The first kappa shape index (κ1) is 16.7. The van der Waals surface area contributed by atoms with Crippen LogP contribution in [0, 0.1) is 11.3 Å². The number of hydrogen-bond donors (Lipinski definition) is 3. The van der Waals surface area contributed by atoms with Crippen molar-refractivity contribution in [2.24, 2.45) is 16.5 Å². The summed E-state index contributed by atoms with van der Waals surface area (Å²) >= 11 is 0. The summed E-state index contributed by atoms with van der Waals surface area (Å²) in [6.45, 7) is 2.23. The summed E-state index contributed by atoms with van der Waals surface area (Å²) in [7, 11) is -3.69. The predicted octanol–water partition coefficient (Wildman–Crippen LogP) is 1.02. The first-order valence-electron chi connectivity index (χ1n) is 8.37. The summed E-state index contributed by atoms with van der Waals surface area (Å²) < 4.78 is 26.5. The molecule has 1 saturated carbocycles. The van der Waals surface area contributed by atoms with Gasteiger partial charge < -0.3 is 9.67 Å².